The monoisotopic (exact) mass is 372 g/mol. The number of nitrogens with zero attached hydrogens (tertiary/aromatic N) is 2. The number of nitrogens with one attached hydrogen (secondary N) is 2. The third-order valence-corrected chi connectivity index (χ3v) is 4.20. The standard InChI is InChI=1S/C20H25FN4O2/c1-24(2)15-11-9-14(10-12-15)18(25(3)4)13-22-19(26)20(27)23-17-8-6-5-7-16(17)21/h5-12,18H,13H2,1-4H3,(H,22,26)(H,23,27). The molecule has 1 unspecified atom stereocenters. The molecular formula is C20H25FN4O2. The van der Waals surface area contributed by atoms with Crippen molar-refractivity contribution in [3.8, 4) is 0 Å². The van der Waals surface area contributed by atoms with Gasteiger partial charge in [0.05, 0.1) is 11.7 Å². The average Bonchev–Trinajstić information content (AvgIpc) is 2.63. The average molecular weight is 372 g/mol. The lowest BCUT2D eigenvalue weighted by atomic mass is 10.1. The molecule has 2 N–H and O–H groups in total. The lowest BCUT2D eigenvalue weighted by molar-refractivity contribution is -0.136. The number of benzene rings is 2. The minimum Gasteiger partial charge on any atom is -0.378 e. The van der Waals surface area contributed by atoms with E-state index in [9.17, 15) is 14.0 Å². The Balaban J connectivity index is 1.99. The minimum absolute atomic E-state index is 0.0268. The summed E-state index contributed by atoms with van der Waals surface area (Å²) in [6.45, 7) is 0.248. The zero-order valence-electron chi connectivity index (χ0n) is 16.0. The van der Waals surface area contributed by atoms with Crippen LogP contribution in [0.25, 0.3) is 0 Å². The molecule has 0 spiro atoms. The summed E-state index contributed by atoms with van der Waals surface area (Å²) in [5.74, 6) is -2.30. The predicted octanol–water partition coefficient (Wildman–Crippen LogP) is 2.25. The number of amides is 2. The third kappa shape index (κ3) is 5.52. The maximum atomic E-state index is 13.6. The van der Waals surface area contributed by atoms with Gasteiger partial charge in [0, 0.05) is 26.3 Å². The van der Waals surface area contributed by atoms with Crippen molar-refractivity contribution in [1.82, 2.24) is 10.2 Å². The Kier molecular flexibility index (Phi) is 6.90. The summed E-state index contributed by atoms with van der Waals surface area (Å²) in [4.78, 5) is 28.0. The van der Waals surface area contributed by atoms with E-state index in [1.54, 1.807) is 6.07 Å². The van der Waals surface area contributed by atoms with E-state index in [0.717, 1.165) is 11.3 Å². The van der Waals surface area contributed by atoms with Gasteiger partial charge in [-0.05, 0) is 43.9 Å². The molecule has 0 aliphatic rings. The fourth-order valence-corrected chi connectivity index (χ4v) is 2.60. The quantitative estimate of drug-likeness (QED) is 0.764. The molecule has 0 aliphatic carbocycles. The Morgan fingerprint density at radius 3 is 2.15 bits per heavy atom. The molecule has 27 heavy (non-hydrogen) atoms. The van der Waals surface area contributed by atoms with Crippen LogP contribution >= 0.6 is 0 Å². The van der Waals surface area contributed by atoms with Crippen molar-refractivity contribution in [1.29, 1.82) is 0 Å². The Labute approximate surface area is 159 Å². The van der Waals surface area contributed by atoms with Crippen molar-refractivity contribution in [2.75, 3.05) is 45.0 Å². The summed E-state index contributed by atoms with van der Waals surface area (Å²) >= 11 is 0. The van der Waals surface area contributed by atoms with Crippen LogP contribution in [0.15, 0.2) is 48.5 Å². The van der Waals surface area contributed by atoms with E-state index in [4.69, 9.17) is 0 Å². The molecule has 0 aliphatic heterocycles. The first-order valence-electron chi connectivity index (χ1n) is 8.57. The van der Waals surface area contributed by atoms with E-state index in [-0.39, 0.29) is 18.3 Å². The summed E-state index contributed by atoms with van der Waals surface area (Å²) in [6, 6.07) is 13.6. The molecule has 2 aromatic rings. The van der Waals surface area contributed by atoms with Crippen LogP contribution in [0.5, 0.6) is 0 Å². The smallest absolute Gasteiger partial charge is 0.313 e. The van der Waals surface area contributed by atoms with E-state index in [1.807, 2.05) is 62.3 Å². The van der Waals surface area contributed by atoms with E-state index in [0.29, 0.717) is 0 Å². The number of para-hydroxylation sites is 1. The first-order valence-corrected chi connectivity index (χ1v) is 8.57. The summed E-state index contributed by atoms with van der Waals surface area (Å²) in [6.07, 6.45) is 0. The molecule has 2 rings (SSSR count). The lowest BCUT2D eigenvalue weighted by Crippen LogP contribution is -2.40. The Morgan fingerprint density at radius 2 is 1.59 bits per heavy atom. The summed E-state index contributed by atoms with van der Waals surface area (Å²) < 4.78 is 13.6. The Bertz CT molecular complexity index is 791. The van der Waals surface area contributed by atoms with Crippen molar-refractivity contribution in [2.45, 2.75) is 6.04 Å². The van der Waals surface area contributed by atoms with E-state index < -0.39 is 17.6 Å². The highest BCUT2D eigenvalue weighted by atomic mass is 19.1. The van der Waals surface area contributed by atoms with Crippen LogP contribution in [0.3, 0.4) is 0 Å². The second-order valence-electron chi connectivity index (χ2n) is 6.61. The zero-order chi connectivity index (χ0) is 20.0. The van der Waals surface area contributed by atoms with E-state index >= 15 is 0 Å². The van der Waals surface area contributed by atoms with Gasteiger partial charge >= 0.3 is 11.8 Å². The molecule has 7 heteroatoms. The maximum absolute atomic E-state index is 13.6. The van der Waals surface area contributed by atoms with Crippen LogP contribution in [-0.4, -0.2) is 51.4 Å². The highest BCUT2D eigenvalue weighted by molar-refractivity contribution is 6.39. The first-order chi connectivity index (χ1) is 12.8. The van der Waals surface area contributed by atoms with Gasteiger partial charge in [-0.25, -0.2) is 4.39 Å². The van der Waals surface area contributed by atoms with E-state index in [1.165, 1.54) is 18.2 Å². The molecule has 0 heterocycles. The molecule has 2 aromatic carbocycles. The summed E-state index contributed by atoms with van der Waals surface area (Å²) in [5, 5.41) is 4.89. The highest BCUT2D eigenvalue weighted by Crippen LogP contribution is 2.21. The van der Waals surface area contributed by atoms with Crippen molar-refractivity contribution >= 4 is 23.2 Å². The molecule has 2 amide bonds. The third-order valence-electron chi connectivity index (χ3n) is 4.20. The van der Waals surface area contributed by atoms with Gasteiger partial charge in [-0.2, -0.15) is 0 Å². The van der Waals surface area contributed by atoms with Crippen molar-refractivity contribution in [3.63, 3.8) is 0 Å². The lowest BCUT2D eigenvalue weighted by Gasteiger charge is -2.25. The maximum Gasteiger partial charge on any atom is 0.313 e. The van der Waals surface area contributed by atoms with Crippen molar-refractivity contribution < 1.29 is 14.0 Å². The number of likely N-dealkylation sites (N-methyl/N-ethyl adjacent to an activating group) is 1. The zero-order valence-corrected chi connectivity index (χ0v) is 16.0. The molecule has 144 valence electrons. The number of hydrogen-bond donors (Lipinski definition) is 2. The summed E-state index contributed by atoms with van der Waals surface area (Å²) in [7, 11) is 7.73. The number of anilines is 2. The van der Waals surface area contributed by atoms with Gasteiger partial charge in [-0.15, -0.1) is 0 Å². The fraction of sp³-hybridized carbons (Fsp3) is 0.300. The SMILES string of the molecule is CN(C)c1ccc(C(CNC(=O)C(=O)Nc2ccccc2F)N(C)C)cc1. The van der Waals surface area contributed by atoms with Crippen LogP contribution in [0.1, 0.15) is 11.6 Å². The molecule has 1 atom stereocenters. The van der Waals surface area contributed by atoms with Crippen molar-refractivity contribution in [3.05, 3.63) is 59.9 Å². The van der Waals surface area contributed by atoms with Gasteiger partial charge in [0.15, 0.2) is 0 Å². The molecule has 0 aromatic heterocycles. The molecule has 0 bridgehead atoms. The van der Waals surface area contributed by atoms with Crippen LogP contribution in [0, 0.1) is 5.82 Å². The van der Waals surface area contributed by atoms with Crippen LogP contribution in [0.2, 0.25) is 0 Å². The van der Waals surface area contributed by atoms with Crippen LogP contribution in [0.4, 0.5) is 15.8 Å². The Morgan fingerprint density at radius 1 is 0.963 bits per heavy atom. The number of carbonyl (C=O) groups is 2. The van der Waals surface area contributed by atoms with Crippen molar-refractivity contribution in [2.24, 2.45) is 0 Å². The molecule has 0 fully saturated rings. The van der Waals surface area contributed by atoms with Crippen LogP contribution < -0.4 is 15.5 Å². The largest absolute Gasteiger partial charge is 0.378 e. The minimum atomic E-state index is -0.902. The molecular weight excluding hydrogens is 347 g/mol. The van der Waals surface area contributed by atoms with E-state index in [2.05, 4.69) is 10.6 Å². The molecule has 6 nitrogen and oxygen atoms in total. The van der Waals surface area contributed by atoms with Gasteiger partial charge in [-0.1, -0.05) is 24.3 Å². The number of carbonyl (C=O) groups excluding carboxylic acids is 2. The van der Waals surface area contributed by atoms with Gasteiger partial charge in [0.2, 0.25) is 0 Å². The molecule has 0 radical (unpaired) electrons. The first kappa shape index (κ1) is 20.4. The molecule has 0 saturated carbocycles. The number of halogens is 1. The predicted molar refractivity (Wildman–Crippen MR) is 105 cm³/mol. The fourth-order valence-electron chi connectivity index (χ4n) is 2.60. The normalized spacial score (nSPS) is 11.8. The number of hydrogen-bond acceptors (Lipinski definition) is 4. The van der Waals surface area contributed by atoms with Gasteiger partial charge in [0.25, 0.3) is 0 Å². The summed E-state index contributed by atoms with van der Waals surface area (Å²) in [5.41, 5.74) is 2.06. The van der Waals surface area contributed by atoms with Gasteiger partial charge < -0.3 is 20.4 Å². The van der Waals surface area contributed by atoms with Crippen LogP contribution in [-0.2, 0) is 9.59 Å². The number of rotatable bonds is 6. The van der Waals surface area contributed by atoms with Gasteiger partial charge in [-0.3, -0.25) is 9.59 Å². The highest BCUT2D eigenvalue weighted by Gasteiger charge is 2.19. The second-order valence-corrected chi connectivity index (χ2v) is 6.61. The Hall–Kier alpha value is -2.93. The molecule has 0 saturated heterocycles. The second kappa shape index (κ2) is 9.14. The van der Waals surface area contributed by atoms with Gasteiger partial charge in [0.1, 0.15) is 5.82 Å². The topological polar surface area (TPSA) is 64.7 Å².